The number of aliphatic hydroxyl groups excluding tert-OH is 1. The highest BCUT2D eigenvalue weighted by Gasteiger charge is 2.76. The smallest absolute Gasteiger partial charge is 0.313 e. The highest BCUT2D eigenvalue weighted by Crippen LogP contribution is 2.67. The van der Waals surface area contributed by atoms with Gasteiger partial charge in [0, 0.05) is 28.5 Å². The second kappa shape index (κ2) is 13.6. The summed E-state index contributed by atoms with van der Waals surface area (Å²) in [6, 6.07) is 15.6. The van der Waals surface area contributed by atoms with Gasteiger partial charge in [-0.3, -0.25) is 14.4 Å². The summed E-state index contributed by atoms with van der Waals surface area (Å²) in [4.78, 5) is 45.8. The van der Waals surface area contributed by atoms with Gasteiger partial charge in [-0.1, -0.05) is 74.9 Å². The van der Waals surface area contributed by atoms with Crippen molar-refractivity contribution >= 4 is 17.7 Å². The first-order valence-corrected chi connectivity index (χ1v) is 22.3. The van der Waals surface area contributed by atoms with E-state index < -0.39 is 33.6 Å². The van der Waals surface area contributed by atoms with Crippen molar-refractivity contribution in [3.05, 3.63) is 82.4 Å². The van der Waals surface area contributed by atoms with Crippen LogP contribution in [0.5, 0.6) is 0 Å². The van der Waals surface area contributed by atoms with E-state index in [2.05, 4.69) is 32.1 Å². The summed E-state index contributed by atoms with van der Waals surface area (Å²) in [5, 5.41) is 24.6. The van der Waals surface area contributed by atoms with Crippen molar-refractivity contribution in [3.8, 4) is 0 Å². The van der Waals surface area contributed by atoms with E-state index in [4.69, 9.17) is 4.74 Å². The van der Waals surface area contributed by atoms with Gasteiger partial charge in [-0.15, -0.1) is 0 Å². The zero-order valence-electron chi connectivity index (χ0n) is 35.1. The number of carbonyl (C=O) groups is 3. The number of benzene rings is 2. The molecule has 7 fully saturated rings. The van der Waals surface area contributed by atoms with Gasteiger partial charge in [0.2, 0.25) is 0 Å². The van der Waals surface area contributed by atoms with E-state index >= 15 is 4.79 Å². The molecule has 8 bridgehead atoms. The molecule has 1 aliphatic heterocycles. The van der Waals surface area contributed by atoms with E-state index in [0.717, 1.165) is 43.2 Å². The molecule has 11 rings (SSSR count). The lowest BCUT2D eigenvalue weighted by Gasteiger charge is -2.58. The molecule has 2 aromatic carbocycles. The minimum atomic E-state index is -1.26. The first kappa shape index (κ1) is 39.2. The van der Waals surface area contributed by atoms with Crippen molar-refractivity contribution in [3.63, 3.8) is 0 Å². The zero-order chi connectivity index (χ0) is 40.2. The second-order valence-electron chi connectivity index (χ2n) is 21.4. The molecule has 9 aliphatic rings. The molecule has 6 saturated carbocycles. The summed E-state index contributed by atoms with van der Waals surface area (Å²) >= 11 is 0. The van der Waals surface area contributed by atoms with Crippen LogP contribution in [0.2, 0.25) is 0 Å². The van der Waals surface area contributed by atoms with Crippen molar-refractivity contribution in [1.29, 1.82) is 0 Å². The highest BCUT2D eigenvalue weighted by molar-refractivity contribution is 6.10. The number of hydrogen-bond donors (Lipinski definition) is 2. The SMILES string of the molecule is CC1=CCC[C@@]2(C)[C@@H](CC[C@@]2(O)CN(CC23CC4CC(CC(C4)C2)C3)C(=O)[C@@]23CC[C@@](C)(C(=O)O2)C3(C)C)c2ccc(cc2C(=O)c2ccccc2)C[C@@H](O)CC1. The molecule has 8 aliphatic carbocycles. The highest BCUT2D eigenvalue weighted by atomic mass is 16.6. The Morgan fingerprint density at radius 2 is 1.54 bits per heavy atom. The van der Waals surface area contributed by atoms with Crippen LogP contribution < -0.4 is 0 Å². The number of amides is 1. The third-order valence-corrected chi connectivity index (χ3v) is 17.8. The number of aliphatic hydroxyl groups is 2. The number of hydrogen-bond acceptors (Lipinski definition) is 6. The zero-order valence-corrected chi connectivity index (χ0v) is 35.1. The van der Waals surface area contributed by atoms with Crippen LogP contribution in [0.25, 0.3) is 0 Å². The molecule has 7 nitrogen and oxygen atoms in total. The molecule has 1 heterocycles. The van der Waals surface area contributed by atoms with Crippen LogP contribution >= 0.6 is 0 Å². The lowest BCUT2D eigenvalue weighted by atomic mass is 9.49. The Labute approximate surface area is 340 Å². The van der Waals surface area contributed by atoms with Gasteiger partial charge in [0.05, 0.1) is 23.7 Å². The van der Waals surface area contributed by atoms with Crippen LogP contribution in [0.15, 0.2) is 60.2 Å². The van der Waals surface area contributed by atoms with Gasteiger partial charge in [0.1, 0.15) is 0 Å². The first-order valence-electron chi connectivity index (χ1n) is 22.3. The molecule has 1 amide bonds. The average Bonchev–Trinajstić information content (AvgIpc) is 3.60. The van der Waals surface area contributed by atoms with Crippen LogP contribution in [0.4, 0.5) is 0 Å². The average molecular weight is 776 g/mol. The van der Waals surface area contributed by atoms with Crippen molar-refractivity contribution in [1.82, 2.24) is 4.90 Å². The normalized spacial score (nSPS) is 40.4. The first-order chi connectivity index (χ1) is 27.0. The fraction of sp³-hybridized carbons (Fsp3) is 0.660. The molecule has 0 aromatic heterocycles. The van der Waals surface area contributed by atoms with E-state index in [0.29, 0.717) is 80.4 Å². The third kappa shape index (κ3) is 6.05. The van der Waals surface area contributed by atoms with E-state index in [1.165, 1.54) is 24.8 Å². The number of esters is 1. The number of ether oxygens (including phenoxy) is 1. The van der Waals surface area contributed by atoms with Crippen LogP contribution in [-0.2, 0) is 20.7 Å². The lowest BCUT2D eigenvalue weighted by molar-refractivity contribution is -0.181. The lowest BCUT2D eigenvalue weighted by Crippen LogP contribution is -2.63. The fourth-order valence-corrected chi connectivity index (χ4v) is 14.3. The summed E-state index contributed by atoms with van der Waals surface area (Å²) in [7, 11) is 0. The predicted octanol–water partition coefficient (Wildman–Crippen LogP) is 9.12. The summed E-state index contributed by atoms with van der Waals surface area (Å²) < 4.78 is 6.32. The van der Waals surface area contributed by atoms with E-state index in [-0.39, 0.29) is 35.5 Å². The Hall–Kier alpha value is -3.29. The third-order valence-electron chi connectivity index (χ3n) is 17.8. The Morgan fingerprint density at radius 1 is 0.860 bits per heavy atom. The van der Waals surface area contributed by atoms with Crippen molar-refractivity contribution in [2.45, 2.75) is 154 Å². The molecule has 2 N–H and O–H groups in total. The number of nitrogens with zero attached hydrogens (tertiary/aromatic N) is 1. The molecule has 6 atom stereocenters. The Kier molecular flexibility index (Phi) is 9.37. The molecule has 0 spiro atoms. The van der Waals surface area contributed by atoms with Crippen LogP contribution in [-0.4, -0.2) is 63.2 Å². The topological polar surface area (TPSA) is 104 Å². The van der Waals surface area contributed by atoms with Crippen molar-refractivity contribution in [2.75, 3.05) is 13.1 Å². The number of allylic oxidation sites excluding steroid dienone is 2. The summed E-state index contributed by atoms with van der Waals surface area (Å²) in [6.07, 6.45) is 14.7. The Balaban J connectivity index is 1.13. The minimum Gasteiger partial charge on any atom is -0.448 e. The number of fused-ring (bicyclic) bond motifs is 10. The number of ketones is 1. The molecule has 1 saturated heterocycles. The van der Waals surface area contributed by atoms with Crippen LogP contribution in [0.1, 0.15) is 157 Å². The fourth-order valence-electron chi connectivity index (χ4n) is 14.3. The van der Waals surface area contributed by atoms with Gasteiger partial charge >= 0.3 is 5.97 Å². The van der Waals surface area contributed by atoms with Gasteiger partial charge in [0.15, 0.2) is 11.4 Å². The standard InChI is InChI=1S/C50H65NO6/c1-32-10-9-18-46(4)41(39-16-14-33(25-38(52)15-13-32)26-40(39)42(53)37-11-7-6-8-12-37)17-19-49(46,56)31-51(30-48-27-34-22-35(28-48)24-36(23-34)29-48)43(54)50-21-20-47(5,44(55)57-50)45(50,2)3/h6-8,10-12,14,16,26,34-36,38,41,52,56H,9,13,15,17-25,27-31H2,1-5H3/t34?,35?,36?,38-,41-,46-,47-,48?,49+,50+/m0/s1. The van der Waals surface area contributed by atoms with Gasteiger partial charge in [-0.2, -0.15) is 0 Å². The molecule has 306 valence electrons. The molecule has 57 heavy (non-hydrogen) atoms. The van der Waals surface area contributed by atoms with Crippen LogP contribution in [0, 0.1) is 39.4 Å². The van der Waals surface area contributed by atoms with Gasteiger partial charge < -0.3 is 19.8 Å². The maximum atomic E-state index is 15.7. The second-order valence-corrected chi connectivity index (χ2v) is 21.4. The molecular formula is C50H65NO6. The van der Waals surface area contributed by atoms with E-state index in [1.54, 1.807) is 0 Å². The number of carbonyl (C=O) groups excluding carboxylic acids is 3. The summed E-state index contributed by atoms with van der Waals surface area (Å²) in [5.41, 5.74) is -0.242. The molecule has 7 heteroatoms. The largest absolute Gasteiger partial charge is 0.448 e. The van der Waals surface area contributed by atoms with Crippen molar-refractivity contribution in [2.24, 2.45) is 39.4 Å². The Morgan fingerprint density at radius 3 is 2.18 bits per heavy atom. The maximum absolute atomic E-state index is 15.7. The summed E-state index contributed by atoms with van der Waals surface area (Å²) in [5.74, 6) is 1.54. The van der Waals surface area contributed by atoms with Gasteiger partial charge in [-0.05, 0) is 156 Å². The van der Waals surface area contributed by atoms with Gasteiger partial charge in [-0.25, -0.2) is 0 Å². The molecule has 2 aromatic rings. The maximum Gasteiger partial charge on any atom is 0.313 e. The predicted molar refractivity (Wildman–Crippen MR) is 220 cm³/mol. The molecule has 0 radical (unpaired) electrons. The molecule has 0 unspecified atom stereocenters. The molecular weight excluding hydrogens is 711 g/mol. The number of rotatable bonds is 7. The van der Waals surface area contributed by atoms with Gasteiger partial charge in [0.25, 0.3) is 5.91 Å². The van der Waals surface area contributed by atoms with E-state index in [9.17, 15) is 19.8 Å². The van der Waals surface area contributed by atoms with Crippen LogP contribution in [0.3, 0.4) is 0 Å². The van der Waals surface area contributed by atoms with E-state index in [1.807, 2.05) is 62.1 Å². The monoisotopic (exact) mass is 775 g/mol. The minimum absolute atomic E-state index is 0.0176. The van der Waals surface area contributed by atoms with Crippen molar-refractivity contribution < 1.29 is 29.3 Å². The Bertz CT molecular complexity index is 1950. The quantitative estimate of drug-likeness (QED) is 0.165. The summed E-state index contributed by atoms with van der Waals surface area (Å²) in [6.45, 7) is 11.2.